The lowest BCUT2D eigenvalue weighted by Gasteiger charge is -2.37. The summed E-state index contributed by atoms with van der Waals surface area (Å²) in [6, 6.07) is 52.5. The van der Waals surface area contributed by atoms with E-state index < -0.39 is 0 Å². The van der Waals surface area contributed by atoms with Gasteiger partial charge in [0.2, 0.25) is 0 Å². The lowest BCUT2D eigenvalue weighted by atomic mass is 9.90. The van der Waals surface area contributed by atoms with Gasteiger partial charge in [-0.25, -0.2) is 4.39 Å². The molecule has 280 valence electrons. The summed E-state index contributed by atoms with van der Waals surface area (Å²) < 4.78 is 13.8. The fourth-order valence-electron chi connectivity index (χ4n) is 7.80. The third-order valence-electron chi connectivity index (χ3n) is 10.9. The molecular weight excluding hydrogens is 700 g/mol. The number of hydrogen-bond donors (Lipinski definition) is 3. The molecule has 0 spiro atoms. The molecule has 9 rings (SSSR count). The number of nitrogens with one attached hydrogen (secondary N) is 2. The Bertz CT molecular complexity index is 2650. The first-order valence-electron chi connectivity index (χ1n) is 19.5. The zero-order chi connectivity index (χ0) is 39.1. The predicted molar refractivity (Wildman–Crippen MR) is 238 cm³/mol. The highest BCUT2D eigenvalue weighted by molar-refractivity contribution is 6.17. The van der Waals surface area contributed by atoms with Gasteiger partial charge in [-0.3, -0.25) is 10.7 Å². The van der Waals surface area contributed by atoms with Gasteiger partial charge in [-0.05, 0) is 96.1 Å². The molecular formula is C52H46FN4+. The van der Waals surface area contributed by atoms with Crippen LogP contribution in [0.1, 0.15) is 42.9 Å². The van der Waals surface area contributed by atoms with Crippen molar-refractivity contribution in [2.45, 2.75) is 32.2 Å². The van der Waals surface area contributed by atoms with Crippen LogP contribution in [0.5, 0.6) is 0 Å². The van der Waals surface area contributed by atoms with Gasteiger partial charge >= 0.3 is 0 Å². The molecule has 0 amide bonds. The molecule has 1 unspecified atom stereocenters. The number of nitrogens with two attached hydrogens (primary N) is 1. The van der Waals surface area contributed by atoms with E-state index in [2.05, 4.69) is 120 Å². The number of quaternary nitrogens is 1. The van der Waals surface area contributed by atoms with Crippen LogP contribution in [-0.4, -0.2) is 11.8 Å². The van der Waals surface area contributed by atoms with E-state index in [1.807, 2.05) is 72.8 Å². The van der Waals surface area contributed by atoms with Gasteiger partial charge in [0, 0.05) is 64.4 Å². The number of nitrogens with zero attached hydrogens (tertiary/aromatic N) is 1. The molecule has 1 heterocycles. The van der Waals surface area contributed by atoms with Gasteiger partial charge in [-0.2, -0.15) is 0 Å². The lowest BCUT2D eigenvalue weighted by molar-refractivity contribution is -0.477. The molecule has 4 N–H and O–H groups in total. The minimum atomic E-state index is -0.260. The van der Waals surface area contributed by atoms with Crippen molar-refractivity contribution in [1.29, 1.82) is 5.41 Å². The maximum absolute atomic E-state index is 13.8. The van der Waals surface area contributed by atoms with Gasteiger partial charge in [0.25, 0.3) is 0 Å². The molecule has 7 aromatic rings. The maximum atomic E-state index is 13.8. The average molecular weight is 746 g/mol. The standard InChI is InChI=1S/C46H39FN4.C6H6/c1-30-9-7-8-26-51(44-13-6-5-11-40(30)44)39-24-14-31(2)43(29-39)49-37-20-22-38(23-21-37)50-46-41-12-4-3-10-32(41)18-25-42(46)45(48)35-16-15-34-28-36(47)19-17-33(34)27-35;1-2-4-6-5-3-1/h3-13,15-23,25-28,39,48-50H,1,14,24,29H2,2H3;1-6H/p+1/b9-7-,26-8-,48-45?;. The number of benzene rings is 7. The first kappa shape index (κ1) is 37.1. The molecule has 0 aromatic heterocycles. The normalized spacial score (nSPS) is 16.2. The second-order valence-electron chi connectivity index (χ2n) is 14.7. The van der Waals surface area contributed by atoms with Crippen molar-refractivity contribution in [3.63, 3.8) is 0 Å². The Morgan fingerprint density at radius 3 is 2.26 bits per heavy atom. The van der Waals surface area contributed by atoms with E-state index >= 15 is 0 Å². The molecule has 0 saturated heterocycles. The fraction of sp³-hybridized carbons (Fsp3) is 0.0962. The first-order chi connectivity index (χ1) is 27.9. The summed E-state index contributed by atoms with van der Waals surface area (Å²) in [4.78, 5) is 2.42. The summed E-state index contributed by atoms with van der Waals surface area (Å²) in [5.74, 6) is -0.260. The number of allylic oxidation sites excluding steroid dienone is 5. The van der Waals surface area contributed by atoms with Crippen LogP contribution in [0.15, 0.2) is 200 Å². The number of fused-ring (bicyclic) bond motifs is 3. The fourth-order valence-corrected chi connectivity index (χ4v) is 7.80. The number of rotatable bonds is 7. The molecule has 0 saturated carbocycles. The van der Waals surface area contributed by atoms with Crippen molar-refractivity contribution >= 4 is 55.6 Å². The largest absolute Gasteiger partial charge is 0.359 e. The summed E-state index contributed by atoms with van der Waals surface area (Å²) in [6.45, 7) is 6.56. The average Bonchev–Trinajstić information content (AvgIpc) is 3.25. The smallest absolute Gasteiger partial charge is 0.152 e. The molecule has 0 radical (unpaired) electrons. The second kappa shape index (κ2) is 16.9. The minimum absolute atomic E-state index is 0.260. The van der Waals surface area contributed by atoms with Gasteiger partial charge in [0.15, 0.2) is 5.69 Å². The van der Waals surface area contributed by atoms with Crippen LogP contribution in [0.2, 0.25) is 0 Å². The van der Waals surface area contributed by atoms with E-state index in [1.165, 1.54) is 34.7 Å². The quantitative estimate of drug-likeness (QED) is 0.112. The number of hydrogen-bond acceptors (Lipinski definition) is 3. The van der Waals surface area contributed by atoms with Crippen LogP contribution in [0.25, 0.3) is 27.1 Å². The van der Waals surface area contributed by atoms with Crippen molar-refractivity contribution < 1.29 is 9.71 Å². The lowest BCUT2D eigenvalue weighted by Crippen LogP contribution is -2.71. The molecule has 1 aliphatic carbocycles. The first-order valence-corrected chi connectivity index (χ1v) is 19.5. The van der Waals surface area contributed by atoms with Crippen LogP contribution < -0.4 is 15.5 Å². The molecule has 57 heavy (non-hydrogen) atoms. The molecule has 2 aliphatic rings. The third kappa shape index (κ3) is 8.40. The van der Waals surface area contributed by atoms with E-state index in [9.17, 15) is 9.80 Å². The molecule has 5 heteroatoms. The van der Waals surface area contributed by atoms with Crippen LogP contribution in [-0.2, 0) is 0 Å². The Labute approximate surface area is 334 Å². The molecule has 0 bridgehead atoms. The van der Waals surface area contributed by atoms with E-state index in [1.54, 1.807) is 6.07 Å². The highest BCUT2D eigenvalue weighted by Crippen LogP contribution is 2.36. The summed E-state index contributed by atoms with van der Waals surface area (Å²) in [7, 11) is 0. The maximum Gasteiger partial charge on any atom is 0.152 e. The molecule has 4 nitrogen and oxygen atoms in total. The summed E-state index contributed by atoms with van der Waals surface area (Å²) in [5.41, 5.74) is 11.3. The Morgan fingerprint density at radius 1 is 0.754 bits per heavy atom. The molecule has 1 aliphatic heterocycles. The van der Waals surface area contributed by atoms with E-state index in [-0.39, 0.29) is 5.82 Å². The van der Waals surface area contributed by atoms with Crippen molar-refractivity contribution in [3.05, 3.63) is 223 Å². The van der Waals surface area contributed by atoms with Crippen molar-refractivity contribution in [1.82, 2.24) is 0 Å². The van der Waals surface area contributed by atoms with Gasteiger partial charge < -0.3 is 10.2 Å². The summed E-state index contributed by atoms with van der Waals surface area (Å²) >= 11 is 0. The van der Waals surface area contributed by atoms with Crippen LogP contribution >= 0.6 is 0 Å². The van der Waals surface area contributed by atoms with E-state index in [4.69, 9.17) is 0 Å². The molecule has 7 aromatic carbocycles. The van der Waals surface area contributed by atoms with Crippen LogP contribution in [0, 0.1) is 11.2 Å². The van der Waals surface area contributed by atoms with Gasteiger partial charge in [0.05, 0.1) is 11.3 Å². The SMILES string of the molecule is C=C1/C=C\C=C/N(C2CCC(C)=C(Nc3ccc([NH2+]c4c(C(=N)c5ccc6cc(F)ccc6c5)ccc5ccccc45)cc3)C2)c2ccccc21.c1ccccc1. The van der Waals surface area contributed by atoms with E-state index in [0.29, 0.717) is 11.8 Å². The third-order valence-corrected chi connectivity index (χ3v) is 10.9. The van der Waals surface area contributed by atoms with Gasteiger partial charge in [0.1, 0.15) is 11.5 Å². The molecule has 1 atom stereocenters. The minimum Gasteiger partial charge on any atom is -0.359 e. The highest BCUT2D eigenvalue weighted by atomic mass is 19.1. The zero-order valence-electron chi connectivity index (χ0n) is 32.1. The predicted octanol–water partition coefficient (Wildman–Crippen LogP) is 12.6. The number of halogens is 1. The van der Waals surface area contributed by atoms with Gasteiger partial charge in [-0.15, -0.1) is 0 Å². The Balaban J connectivity index is 0.000000696. The second-order valence-corrected chi connectivity index (χ2v) is 14.7. The van der Waals surface area contributed by atoms with Crippen molar-refractivity contribution in [3.8, 4) is 0 Å². The van der Waals surface area contributed by atoms with Crippen molar-refractivity contribution in [2.75, 3.05) is 10.2 Å². The summed E-state index contributed by atoms with van der Waals surface area (Å²) in [6.07, 6.45) is 11.5. The van der Waals surface area contributed by atoms with Gasteiger partial charge in [-0.1, -0.05) is 121 Å². The molecule has 0 fully saturated rings. The zero-order valence-corrected chi connectivity index (χ0v) is 32.1. The highest BCUT2D eigenvalue weighted by Gasteiger charge is 2.26. The van der Waals surface area contributed by atoms with E-state index in [0.717, 1.165) is 74.6 Å². The number of para-hydroxylation sites is 1. The Kier molecular flexibility index (Phi) is 11.0. The van der Waals surface area contributed by atoms with Crippen LogP contribution in [0.3, 0.4) is 0 Å². The van der Waals surface area contributed by atoms with Crippen LogP contribution in [0.4, 0.5) is 27.1 Å². The monoisotopic (exact) mass is 745 g/mol. The summed E-state index contributed by atoms with van der Waals surface area (Å²) in [5, 5.41) is 19.2. The topological polar surface area (TPSA) is 55.7 Å². The number of anilines is 2. The Hall–Kier alpha value is -6.82. The Morgan fingerprint density at radius 2 is 1.46 bits per heavy atom. The van der Waals surface area contributed by atoms with Crippen molar-refractivity contribution in [2.24, 2.45) is 0 Å².